The summed E-state index contributed by atoms with van der Waals surface area (Å²) in [6, 6.07) is 4.36. The van der Waals surface area contributed by atoms with Crippen LogP contribution in [0, 0.1) is 5.82 Å². The fourth-order valence-corrected chi connectivity index (χ4v) is 2.37. The summed E-state index contributed by atoms with van der Waals surface area (Å²) in [7, 11) is 4.17. The number of pyridine rings is 1. The zero-order chi connectivity index (χ0) is 16.8. The van der Waals surface area contributed by atoms with E-state index in [0.29, 0.717) is 28.7 Å². The summed E-state index contributed by atoms with van der Waals surface area (Å²) in [4.78, 5) is 17.7. The molecule has 0 radical (unpaired) electrons. The molecule has 6 heteroatoms. The number of quaternary nitrogens is 1. The van der Waals surface area contributed by atoms with Crippen LogP contribution in [0.2, 0.25) is 0 Å². The van der Waals surface area contributed by atoms with E-state index in [0.717, 1.165) is 13.0 Å². The highest BCUT2D eigenvalue weighted by molar-refractivity contribution is 6.04. The quantitative estimate of drug-likeness (QED) is 0.600. The van der Waals surface area contributed by atoms with E-state index in [2.05, 4.69) is 24.4 Å². The second-order valence-corrected chi connectivity index (χ2v) is 5.67. The molecule has 2 aromatic rings. The molecule has 0 amide bonds. The van der Waals surface area contributed by atoms with E-state index >= 15 is 0 Å². The molecule has 23 heavy (non-hydrogen) atoms. The zero-order valence-corrected chi connectivity index (χ0v) is 13.8. The van der Waals surface area contributed by atoms with Gasteiger partial charge in [-0.1, -0.05) is 0 Å². The van der Waals surface area contributed by atoms with Crippen LogP contribution < -0.4 is 10.2 Å². The standard InChI is InChI=1S/C17H22FN3O2/c1-4-23-17(22)14-11-20-15-7-6-12(18)10-13(15)16(14)19-8-5-9-21(2)3/h6-7,10-11H,4-5,8-9H2,1-3H3,(H,19,20)/p+1. The molecule has 5 nitrogen and oxygen atoms in total. The minimum absolute atomic E-state index is 0.281. The average molecular weight is 320 g/mol. The van der Waals surface area contributed by atoms with Gasteiger partial charge in [0.05, 0.1) is 38.5 Å². The average Bonchev–Trinajstić information content (AvgIpc) is 2.51. The molecule has 0 spiro atoms. The summed E-state index contributed by atoms with van der Waals surface area (Å²) >= 11 is 0. The Morgan fingerprint density at radius 3 is 2.87 bits per heavy atom. The molecular weight excluding hydrogens is 297 g/mol. The van der Waals surface area contributed by atoms with E-state index in [9.17, 15) is 9.18 Å². The van der Waals surface area contributed by atoms with E-state index in [4.69, 9.17) is 4.74 Å². The van der Waals surface area contributed by atoms with Crippen molar-refractivity contribution in [2.24, 2.45) is 0 Å². The fraction of sp³-hybridized carbons (Fsp3) is 0.412. The van der Waals surface area contributed by atoms with Crippen LogP contribution in [-0.2, 0) is 4.74 Å². The first kappa shape index (κ1) is 17.1. The number of carbonyl (C=O) groups is 1. The van der Waals surface area contributed by atoms with Crippen molar-refractivity contribution < 1.29 is 18.8 Å². The smallest absolute Gasteiger partial charge is 0.341 e. The summed E-state index contributed by atoms with van der Waals surface area (Å²) in [5.74, 6) is -0.812. The monoisotopic (exact) mass is 320 g/mol. The zero-order valence-electron chi connectivity index (χ0n) is 13.8. The molecule has 0 aliphatic rings. The third kappa shape index (κ3) is 4.39. The predicted molar refractivity (Wildman–Crippen MR) is 88.4 cm³/mol. The summed E-state index contributed by atoms with van der Waals surface area (Å²) < 4.78 is 18.7. The number of esters is 1. The van der Waals surface area contributed by atoms with Crippen molar-refractivity contribution in [1.82, 2.24) is 4.98 Å². The van der Waals surface area contributed by atoms with E-state index in [1.165, 1.54) is 23.2 Å². The van der Waals surface area contributed by atoms with Crippen molar-refractivity contribution in [2.45, 2.75) is 13.3 Å². The normalized spacial score (nSPS) is 11.0. The second-order valence-electron chi connectivity index (χ2n) is 5.67. The van der Waals surface area contributed by atoms with Crippen LogP contribution in [0.15, 0.2) is 24.4 Å². The fourth-order valence-electron chi connectivity index (χ4n) is 2.37. The van der Waals surface area contributed by atoms with Gasteiger partial charge in [0.2, 0.25) is 0 Å². The van der Waals surface area contributed by atoms with Gasteiger partial charge in [-0.2, -0.15) is 0 Å². The molecule has 0 aliphatic carbocycles. The lowest BCUT2D eigenvalue weighted by Crippen LogP contribution is -3.05. The van der Waals surface area contributed by atoms with Gasteiger partial charge in [-0.15, -0.1) is 0 Å². The van der Waals surface area contributed by atoms with Crippen LogP contribution >= 0.6 is 0 Å². The molecule has 1 aromatic heterocycles. The van der Waals surface area contributed by atoms with Crippen LogP contribution in [0.3, 0.4) is 0 Å². The van der Waals surface area contributed by atoms with Gasteiger partial charge in [-0.05, 0) is 25.1 Å². The predicted octanol–water partition coefficient (Wildman–Crippen LogP) is 1.50. The first-order chi connectivity index (χ1) is 11.0. The third-order valence-corrected chi connectivity index (χ3v) is 3.48. The van der Waals surface area contributed by atoms with Crippen molar-refractivity contribution in [2.75, 3.05) is 39.1 Å². The molecule has 124 valence electrons. The van der Waals surface area contributed by atoms with Crippen LogP contribution in [-0.4, -0.2) is 44.7 Å². The Labute approximate surface area is 135 Å². The Morgan fingerprint density at radius 1 is 1.39 bits per heavy atom. The number of anilines is 1. The minimum Gasteiger partial charge on any atom is -0.462 e. The number of nitrogens with one attached hydrogen (secondary N) is 2. The summed E-state index contributed by atoms with van der Waals surface area (Å²) in [6.07, 6.45) is 2.42. The Bertz CT molecular complexity index is 689. The third-order valence-electron chi connectivity index (χ3n) is 3.48. The van der Waals surface area contributed by atoms with Gasteiger partial charge < -0.3 is 15.0 Å². The Balaban J connectivity index is 2.36. The number of rotatable bonds is 7. The van der Waals surface area contributed by atoms with Gasteiger partial charge in [-0.25, -0.2) is 9.18 Å². The Kier molecular flexibility index (Phi) is 5.87. The molecule has 0 fully saturated rings. The number of carbonyl (C=O) groups excluding carboxylic acids is 1. The Hall–Kier alpha value is -2.21. The minimum atomic E-state index is -0.452. The van der Waals surface area contributed by atoms with Crippen LogP contribution in [0.25, 0.3) is 10.9 Å². The number of fused-ring (bicyclic) bond motifs is 1. The SMILES string of the molecule is CCOC(=O)c1cnc2ccc(F)cc2c1NCCC[NH+](C)C. The molecule has 0 saturated heterocycles. The molecule has 1 heterocycles. The summed E-state index contributed by atoms with van der Waals surface area (Å²) in [5, 5.41) is 3.85. The van der Waals surface area contributed by atoms with Crippen molar-refractivity contribution in [1.29, 1.82) is 0 Å². The molecule has 1 aromatic carbocycles. The molecule has 2 N–H and O–H groups in total. The van der Waals surface area contributed by atoms with Crippen LogP contribution in [0.5, 0.6) is 0 Å². The highest BCUT2D eigenvalue weighted by Crippen LogP contribution is 2.27. The number of halogens is 1. The molecule has 2 rings (SSSR count). The molecule has 0 aliphatic heterocycles. The van der Waals surface area contributed by atoms with E-state index < -0.39 is 5.97 Å². The molecule has 0 atom stereocenters. The van der Waals surface area contributed by atoms with Crippen LogP contribution in [0.1, 0.15) is 23.7 Å². The van der Waals surface area contributed by atoms with Gasteiger partial charge in [0, 0.05) is 24.5 Å². The van der Waals surface area contributed by atoms with Gasteiger partial charge in [0.15, 0.2) is 0 Å². The van der Waals surface area contributed by atoms with Crippen molar-refractivity contribution >= 4 is 22.6 Å². The number of benzene rings is 1. The lowest BCUT2D eigenvalue weighted by molar-refractivity contribution is -0.858. The Morgan fingerprint density at radius 2 is 2.17 bits per heavy atom. The molecule has 0 bridgehead atoms. The lowest BCUT2D eigenvalue weighted by atomic mass is 10.1. The van der Waals surface area contributed by atoms with Crippen molar-refractivity contribution in [3.05, 3.63) is 35.8 Å². The van der Waals surface area contributed by atoms with E-state index in [1.807, 2.05) is 0 Å². The first-order valence-corrected chi connectivity index (χ1v) is 7.81. The first-order valence-electron chi connectivity index (χ1n) is 7.81. The molecular formula is C17H23FN3O2+. The van der Waals surface area contributed by atoms with Crippen LogP contribution in [0.4, 0.5) is 10.1 Å². The highest BCUT2D eigenvalue weighted by atomic mass is 19.1. The largest absolute Gasteiger partial charge is 0.462 e. The van der Waals surface area contributed by atoms with Gasteiger partial charge in [0.25, 0.3) is 0 Å². The number of hydrogen-bond acceptors (Lipinski definition) is 4. The number of hydrogen-bond donors (Lipinski definition) is 2. The van der Waals surface area contributed by atoms with Crippen molar-refractivity contribution in [3.8, 4) is 0 Å². The maximum absolute atomic E-state index is 13.6. The van der Waals surface area contributed by atoms with E-state index in [-0.39, 0.29) is 12.4 Å². The summed E-state index contributed by atoms with van der Waals surface area (Å²) in [5.41, 5.74) is 1.56. The second kappa shape index (κ2) is 7.87. The van der Waals surface area contributed by atoms with Gasteiger partial charge in [0.1, 0.15) is 11.4 Å². The van der Waals surface area contributed by atoms with E-state index in [1.54, 1.807) is 13.0 Å². The maximum atomic E-state index is 13.6. The van der Waals surface area contributed by atoms with Gasteiger partial charge in [-0.3, -0.25) is 4.98 Å². The maximum Gasteiger partial charge on any atom is 0.341 e. The van der Waals surface area contributed by atoms with Crippen molar-refractivity contribution in [3.63, 3.8) is 0 Å². The molecule has 0 unspecified atom stereocenters. The lowest BCUT2D eigenvalue weighted by Gasteiger charge is -2.14. The topological polar surface area (TPSA) is 55.7 Å². The number of nitrogens with zero attached hydrogens (tertiary/aromatic N) is 1. The summed E-state index contributed by atoms with van der Waals surface area (Å²) in [6.45, 7) is 3.72. The number of aromatic nitrogens is 1. The highest BCUT2D eigenvalue weighted by Gasteiger charge is 2.17. The molecule has 0 saturated carbocycles. The number of ether oxygens (including phenoxy) is 1. The van der Waals surface area contributed by atoms with Gasteiger partial charge >= 0.3 is 5.97 Å².